The van der Waals surface area contributed by atoms with Crippen LogP contribution in [0.15, 0.2) is 24.3 Å². The lowest BCUT2D eigenvalue weighted by Gasteiger charge is -2.21. The summed E-state index contributed by atoms with van der Waals surface area (Å²) in [5.74, 6) is 0.653. The summed E-state index contributed by atoms with van der Waals surface area (Å²) in [5.41, 5.74) is 7.55. The molecule has 1 aromatic carbocycles. The van der Waals surface area contributed by atoms with Crippen molar-refractivity contribution in [3.8, 4) is 0 Å². The van der Waals surface area contributed by atoms with Crippen molar-refractivity contribution in [2.24, 2.45) is 11.7 Å². The fraction of sp³-hybridized carbons (Fsp3) is 0.538. The Labute approximate surface area is 95.7 Å². The highest BCUT2D eigenvalue weighted by Crippen LogP contribution is 2.15. The second kappa shape index (κ2) is 6.25. The molecule has 0 aromatic heterocycles. The van der Waals surface area contributed by atoms with Crippen LogP contribution in [0.3, 0.4) is 0 Å². The average Bonchev–Trinajstić information content (AvgIpc) is 2.23. The summed E-state index contributed by atoms with van der Waals surface area (Å²) in [4.78, 5) is 0. The van der Waals surface area contributed by atoms with Crippen molar-refractivity contribution in [2.45, 2.75) is 39.2 Å². The first-order valence-electron chi connectivity index (χ1n) is 5.77. The third-order valence-corrected chi connectivity index (χ3v) is 3.49. The highest BCUT2D eigenvalue weighted by Gasteiger charge is 2.13. The first-order valence-corrected chi connectivity index (χ1v) is 6.35. The van der Waals surface area contributed by atoms with E-state index in [1.54, 1.807) is 0 Å². The van der Waals surface area contributed by atoms with Gasteiger partial charge in [0.2, 0.25) is 0 Å². The Bertz CT molecular complexity index is 277. The normalized spacial score (nSPS) is 13.1. The van der Waals surface area contributed by atoms with Crippen LogP contribution in [0.25, 0.3) is 0 Å². The third-order valence-electron chi connectivity index (χ3n) is 3.11. The van der Waals surface area contributed by atoms with Gasteiger partial charge in [0.05, 0.1) is 0 Å². The molecular weight excluding hydrogens is 201 g/mol. The van der Waals surface area contributed by atoms with Gasteiger partial charge in [0.1, 0.15) is 0 Å². The van der Waals surface area contributed by atoms with E-state index >= 15 is 0 Å². The monoisotopic (exact) mass is 223 g/mol. The van der Waals surface area contributed by atoms with Gasteiger partial charge in [0.15, 0.2) is 0 Å². The first kappa shape index (κ1) is 12.7. The fourth-order valence-corrected chi connectivity index (χ4v) is 2.18. The predicted octanol–water partition coefficient (Wildman–Crippen LogP) is 2.49. The Morgan fingerprint density at radius 3 is 2.13 bits per heavy atom. The molecule has 0 spiro atoms. The summed E-state index contributed by atoms with van der Waals surface area (Å²) in [6, 6.07) is 8.89. The van der Waals surface area contributed by atoms with E-state index in [4.69, 9.17) is 5.73 Å². The van der Waals surface area contributed by atoms with Crippen LogP contribution in [0, 0.1) is 5.92 Å². The van der Waals surface area contributed by atoms with Crippen LogP contribution in [0.1, 0.15) is 32.3 Å². The van der Waals surface area contributed by atoms with Crippen LogP contribution in [-0.2, 0) is 6.42 Å². The largest absolute Gasteiger partial charge is 0.327 e. The van der Waals surface area contributed by atoms with Gasteiger partial charge >= 0.3 is 0 Å². The summed E-state index contributed by atoms with van der Waals surface area (Å²) in [5, 5.41) is 1.23. The molecule has 2 atom stereocenters. The molecule has 0 amide bonds. The van der Waals surface area contributed by atoms with Gasteiger partial charge in [0.25, 0.3) is 0 Å². The van der Waals surface area contributed by atoms with Crippen LogP contribution in [0.4, 0.5) is 0 Å². The molecule has 0 aliphatic carbocycles. The molecule has 0 aliphatic heterocycles. The van der Waals surface area contributed by atoms with Gasteiger partial charge in [-0.15, -0.1) is 9.24 Å². The van der Waals surface area contributed by atoms with Crippen molar-refractivity contribution < 1.29 is 0 Å². The van der Waals surface area contributed by atoms with Gasteiger partial charge in [-0.1, -0.05) is 51.0 Å². The maximum Gasteiger partial charge on any atom is 0.0108 e. The second-order valence-corrected chi connectivity index (χ2v) is 4.85. The molecule has 2 heteroatoms. The first-order chi connectivity index (χ1) is 7.17. The molecule has 1 rings (SSSR count). The molecular formula is C13H22NP. The zero-order valence-corrected chi connectivity index (χ0v) is 10.9. The molecule has 2 N–H and O–H groups in total. The zero-order valence-electron chi connectivity index (χ0n) is 9.74. The molecule has 0 heterocycles. The minimum absolute atomic E-state index is 0.301. The lowest BCUT2D eigenvalue weighted by Crippen LogP contribution is -2.31. The van der Waals surface area contributed by atoms with Crippen molar-refractivity contribution in [1.82, 2.24) is 0 Å². The fourth-order valence-electron chi connectivity index (χ4n) is 1.99. The van der Waals surface area contributed by atoms with Crippen molar-refractivity contribution >= 4 is 14.5 Å². The topological polar surface area (TPSA) is 26.0 Å². The molecule has 2 unspecified atom stereocenters. The van der Waals surface area contributed by atoms with E-state index in [1.165, 1.54) is 23.7 Å². The summed E-state index contributed by atoms with van der Waals surface area (Å²) < 4.78 is 0. The number of rotatable bonds is 5. The minimum Gasteiger partial charge on any atom is -0.327 e. The Balaban J connectivity index is 2.57. The molecule has 0 bridgehead atoms. The van der Waals surface area contributed by atoms with Gasteiger partial charge in [-0.2, -0.15) is 0 Å². The van der Waals surface area contributed by atoms with Gasteiger partial charge < -0.3 is 5.73 Å². The summed E-state index contributed by atoms with van der Waals surface area (Å²) in [6.07, 6.45) is 3.36. The number of hydrogen-bond donors (Lipinski definition) is 1. The van der Waals surface area contributed by atoms with Crippen LogP contribution < -0.4 is 11.0 Å². The van der Waals surface area contributed by atoms with Crippen molar-refractivity contribution in [2.75, 3.05) is 0 Å². The van der Waals surface area contributed by atoms with Gasteiger partial charge in [-0.3, -0.25) is 0 Å². The van der Waals surface area contributed by atoms with Crippen molar-refractivity contribution in [3.05, 3.63) is 29.8 Å². The molecule has 0 fully saturated rings. The van der Waals surface area contributed by atoms with E-state index in [0.717, 1.165) is 6.42 Å². The molecule has 84 valence electrons. The Morgan fingerprint density at radius 1 is 1.13 bits per heavy atom. The molecule has 0 radical (unpaired) electrons. The smallest absolute Gasteiger partial charge is 0.0108 e. The molecule has 15 heavy (non-hydrogen) atoms. The average molecular weight is 223 g/mol. The Morgan fingerprint density at radius 2 is 1.67 bits per heavy atom. The number of hydrogen-bond acceptors (Lipinski definition) is 1. The van der Waals surface area contributed by atoms with Crippen molar-refractivity contribution in [1.29, 1.82) is 0 Å². The Kier molecular flexibility index (Phi) is 5.28. The molecule has 0 aliphatic rings. The lowest BCUT2D eigenvalue weighted by molar-refractivity contribution is 0.393. The second-order valence-electron chi connectivity index (χ2n) is 4.19. The minimum atomic E-state index is 0.301. The lowest BCUT2D eigenvalue weighted by atomic mass is 9.90. The summed E-state index contributed by atoms with van der Waals surface area (Å²) in [6.45, 7) is 4.44. The molecule has 1 aromatic rings. The Hall–Kier alpha value is -0.390. The third kappa shape index (κ3) is 3.93. The van der Waals surface area contributed by atoms with Gasteiger partial charge in [-0.25, -0.2) is 0 Å². The maximum absolute atomic E-state index is 6.20. The van der Waals surface area contributed by atoms with E-state index in [1.807, 2.05) is 0 Å². The van der Waals surface area contributed by atoms with Crippen LogP contribution in [0.5, 0.6) is 0 Å². The SMILES string of the molecule is CCC(CC)C(N)Cc1ccc(P)cc1. The van der Waals surface area contributed by atoms with E-state index in [2.05, 4.69) is 47.4 Å². The quantitative estimate of drug-likeness (QED) is 0.762. The summed E-state index contributed by atoms with van der Waals surface area (Å²) in [7, 11) is 2.70. The van der Waals surface area contributed by atoms with E-state index in [0.29, 0.717) is 12.0 Å². The molecule has 1 nitrogen and oxygen atoms in total. The molecule has 0 saturated heterocycles. The van der Waals surface area contributed by atoms with Gasteiger partial charge in [-0.05, 0) is 23.2 Å². The van der Waals surface area contributed by atoms with E-state index in [9.17, 15) is 0 Å². The van der Waals surface area contributed by atoms with Gasteiger partial charge in [0, 0.05) is 6.04 Å². The van der Waals surface area contributed by atoms with Crippen molar-refractivity contribution in [3.63, 3.8) is 0 Å². The highest BCUT2D eigenvalue weighted by molar-refractivity contribution is 7.27. The number of benzene rings is 1. The predicted molar refractivity (Wildman–Crippen MR) is 71.5 cm³/mol. The molecule has 0 saturated carbocycles. The maximum atomic E-state index is 6.20. The van der Waals surface area contributed by atoms with Crippen LogP contribution in [0.2, 0.25) is 0 Å². The number of nitrogens with two attached hydrogens (primary N) is 1. The highest BCUT2D eigenvalue weighted by atomic mass is 31.0. The van der Waals surface area contributed by atoms with Crippen LogP contribution >= 0.6 is 9.24 Å². The standard InChI is InChI=1S/C13H22NP/c1-3-11(4-2)13(14)9-10-5-7-12(15)8-6-10/h5-8,11,13H,3-4,9,14-15H2,1-2H3. The van der Waals surface area contributed by atoms with Crippen LogP contribution in [-0.4, -0.2) is 6.04 Å². The van der Waals surface area contributed by atoms with E-state index < -0.39 is 0 Å². The summed E-state index contributed by atoms with van der Waals surface area (Å²) >= 11 is 0. The zero-order chi connectivity index (χ0) is 11.3. The van der Waals surface area contributed by atoms with E-state index in [-0.39, 0.29) is 0 Å².